The first-order valence-corrected chi connectivity index (χ1v) is 8.39. The Hall–Kier alpha value is -1.84. The molecule has 0 radical (unpaired) electrons. The van der Waals surface area contributed by atoms with Gasteiger partial charge in [-0.2, -0.15) is 0 Å². The Morgan fingerprint density at radius 2 is 1.70 bits per heavy atom. The van der Waals surface area contributed by atoms with E-state index in [1.807, 2.05) is 0 Å². The largest absolute Gasteiger partial charge is 0.325 e. The number of nitrogens with one attached hydrogen (secondary N) is 1. The maximum atomic E-state index is 12.6. The van der Waals surface area contributed by atoms with Crippen molar-refractivity contribution >= 4 is 11.9 Å². The van der Waals surface area contributed by atoms with E-state index in [0.29, 0.717) is 6.54 Å². The highest BCUT2D eigenvalue weighted by molar-refractivity contribution is 6.07. The molecule has 0 bridgehead atoms. The van der Waals surface area contributed by atoms with Crippen LogP contribution < -0.4 is 5.32 Å². The number of hydrogen-bond acceptors (Lipinski definition) is 2. The molecule has 0 atom stereocenters. The van der Waals surface area contributed by atoms with Gasteiger partial charge in [-0.25, -0.2) is 4.79 Å². The monoisotopic (exact) mass is 314 g/mol. The fourth-order valence-electron chi connectivity index (χ4n) is 3.52. The first-order valence-electron chi connectivity index (χ1n) is 8.39. The second kappa shape index (κ2) is 5.08. The lowest BCUT2D eigenvalue weighted by Gasteiger charge is -2.35. The molecule has 4 nitrogen and oxygen atoms in total. The van der Waals surface area contributed by atoms with Crippen LogP contribution in [0.15, 0.2) is 12.1 Å². The van der Waals surface area contributed by atoms with Crippen LogP contribution in [-0.2, 0) is 16.8 Å². The Bertz CT molecular complexity index is 658. The van der Waals surface area contributed by atoms with Crippen molar-refractivity contribution in [1.82, 2.24) is 10.2 Å². The molecule has 23 heavy (non-hydrogen) atoms. The van der Waals surface area contributed by atoms with Crippen LogP contribution in [0, 0.1) is 13.8 Å². The highest BCUT2D eigenvalue weighted by Gasteiger charge is 2.54. The van der Waals surface area contributed by atoms with Crippen molar-refractivity contribution in [2.24, 2.45) is 0 Å². The van der Waals surface area contributed by atoms with Crippen LogP contribution in [0.4, 0.5) is 4.79 Å². The average Bonchev–Trinajstić information content (AvgIpc) is 2.65. The SMILES string of the molecule is Cc1cc(C(C)(C)C)cc(C)c1CN1C(=O)NC2(CCC2)C1=O. The van der Waals surface area contributed by atoms with Crippen LogP contribution in [0.3, 0.4) is 0 Å². The molecule has 1 saturated carbocycles. The molecule has 1 saturated heterocycles. The Morgan fingerprint density at radius 1 is 1.13 bits per heavy atom. The van der Waals surface area contributed by atoms with Gasteiger partial charge < -0.3 is 5.32 Å². The minimum Gasteiger partial charge on any atom is -0.323 e. The van der Waals surface area contributed by atoms with E-state index in [1.54, 1.807) is 0 Å². The summed E-state index contributed by atoms with van der Waals surface area (Å²) in [5, 5.41) is 2.90. The van der Waals surface area contributed by atoms with Gasteiger partial charge in [0.2, 0.25) is 0 Å². The van der Waals surface area contributed by atoms with Crippen molar-refractivity contribution in [3.8, 4) is 0 Å². The third-order valence-electron chi connectivity index (χ3n) is 5.33. The summed E-state index contributed by atoms with van der Waals surface area (Å²) < 4.78 is 0. The predicted octanol–water partition coefficient (Wildman–Crippen LogP) is 3.58. The molecule has 2 fully saturated rings. The van der Waals surface area contributed by atoms with Crippen molar-refractivity contribution in [1.29, 1.82) is 0 Å². The van der Waals surface area contributed by atoms with E-state index in [-0.39, 0.29) is 17.4 Å². The molecule has 3 amide bonds. The molecule has 1 heterocycles. The Balaban J connectivity index is 1.89. The third kappa shape index (κ3) is 2.54. The quantitative estimate of drug-likeness (QED) is 0.848. The van der Waals surface area contributed by atoms with E-state index in [4.69, 9.17) is 0 Å². The lowest BCUT2D eigenvalue weighted by molar-refractivity contribution is -0.134. The van der Waals surface area contributed by atoms with Gasteiger partial charge in [-0.1, -0.05) is 32.9 Å². The summed E-state index contributed by atoms with van der Waals surface area (Å²) in [5.74, 6) is -0.0487. The summed E-state index contributed by atoms with van der Waals surface area (Å²) in [6.45, 7) is 11.1. The van der Waals surface area contributed by atoms with Gasteiger partial charge in [-0.15, -0.1) is 0 Å². The lowest BCUT2D eigenvalue weighted by atomic mass is 9.77. The number of rotatable bonds is 2. The molecule has 1 aliphatic heterocycles. The van der Waals surface area contributed by atoms with E-state index in [2.05, 4.69) is 52.1 Å². The van der Waals surface area contributed by atoms with Gasteiger partial charge in [0.25, 0.3) is 5.91 Å². The van der Waals surface area contributed by atoms with E-state index in [9.17, 15) is 9.59 Å². The molecular weight excluding hydrogens is 288 g/mol. The third-order valence-corrected chi connectivity index (χ3v) is 5.33. The number of imide groups is 1. The molecule has 0 unspecified atom stereocenters. The minimum absolute atomic E-state index is 0.0487. The van der Waals surface area contributed by atoms with Crippen molar-refractivity contribution < 1.29 is 9.59 Å². The van der Waals surface area contributed by atoms with Gasteiger partial charge in [0, 0.05) is 0 Å². The van der Waals surface area contributed by atoms with Crippen molar-refractivity contribution in [2.45, 2.75) is 71.4 Å². The van der Waals surface area contributed by atoms with Gasteiger partial charge in [0.05, 0.1) is 6.54 Å². The zero-order valence-electron chi connectivity index (χ0n) is 14.7. The second-order valence-electron chi connectivity index (χ2n) is 8.10. The second-order valence-corrected chi connectivity index (χ2v) is 8.10. The molecule has 4 heteroatoms. The van der Waals surface area contributed by atoms with E-state index in [0.717, 1.165) is 36.0 Å². The highest BCUT2D eigenvalue weighted by Crippen LogP contribution is 2.38. The molecule has 124 valence electrons. The van der Waals surface area contributed by atoms with E-state index in [1.165, 1.54) is 10.5 Å². The fraction of sp³-hybridized carbons (Fsp3) is 0.579. The van der Waals surface area contributed by atoms with Gasteiger partial charge in [0.1, 0.15) is 5.54 Å². The van der Waals surface area contributed by atoms with Crippen molar-refractivity contribution in [2.75, 3.05) is 0 Å². The number of hydrogen-bond donors (Lipinski definition) is 1. The number of carbonyl (C=O) groups is 2. The lowest BCUT2D eigenvalue weighted by Crippen LogP contribution is -2.52. The number of carbonyl (C=O) groups excluding carboxylic acids is 2. The zero-order chi connectivity index (χ0) is 17.0. The van der Waals surface area contributed by atoms with Crippen LogP contribution in [0.5, 0.6) is 0 Å². The maximum Gasteiger partial charge on any atom is 0.325 e. The highest BCUT2D eigenvalue weighted by atomic mass is 16.2. The van der Waals surface area contributed by atoms with E-state index >= 15 is 0 Å². The summed E-state index contributed by atoms with van der Waals surface area (Å²) in [6.07, 6.45) is 2.56. The van der Waals surface area contributed by atoms with E-state index < -0.39 is 5.54 Å². The summed E-state index contributed by atoms with van der Waals surface area (Å²) in [4.78, 5) is 26.3. The smallest absolute Gasteiger partial charge is 0.323 e. The average molecular weight is 314 g/mol. The topological polar surface area (TPSA) is 49.4 Å². The Kier molecular flexibility index (Phi) is 3.54. The minimum atomic E-state index is -0.593. The molecule has 2 aliphatic rings. The van der Waals surface area contributed by atoms with Crippen LogP contribution in [0.25, 0.3) is 0 Å². The standard InChI is InChI=1S/C19H26N2O2/c1-12-9-14(18(3,4)5)10-13(2)15(12)11-21-16(22)19(7-6-8-19)20-17(21)23/h9-10H,6-8,11H2,1-5H3,(H,20,23). The molecule has 1 aliphatic carbocycles. The summed E-state index contributed by atoms with van der Waals surface area (Å²) in [7, 11) is 0. The first kappa shape index (κ1) is 16.0. The summed E-state index contributed by atoms with van der Waals surface area (Å²) in [6, 6.07) is 4.12. The molecule has 1 spiro atoms. The van der Waals surface area contributed by atoms with Crippen LogP contribution in [-0.4, -0.2) is 22.4 Å². The molecule has 1 aromatic rings. The first-order chi connectivity index (χ1) is 10.6. The number of benzene rings is 1. The molecule has 3 rings (SSSR count). The van der Waals surface area contributed by atoms with Gasteiger partial charge in [-0.05, 0) is 60.8 Å². The number of nitrogens with zero attached hydrogens (tertiary/aromatic N) is 1. The number of urea groups is 1. The normalized spacial score (nSPS) is 20.0. The van der Waals surface area contributed by atoms with Gasteiger partial charge in [-0.3, -0.25) is 9.69 Å². The zero-order valence-corrected chi connectivity index (χ0v) is 14.7. The number of amides is 3. The Morgan fingerprint density at radius 3 is 2.09 bits per heavy atom. The number of aryl methyl sites for hydroxylation is 2. The molecule has 0 aromatic heterocycles. The summed E-state index contributed by atoms with van der Waals surface area (Å²) in [5.41, 5.74) is 4.15. The molecule has 1 N–H and O–H groups in total. The van der Waals surface area contributed by atoms with Crippen molar-refractivity contribution in [3.63, 3.8) is 0 Å². The van der Waals surface area contributed by atoms with Crippen LogP contribution >= 0.6 is 0 Å². The molecular formula is C19H26N2O2. The van der Waals surface area contributed by atoms with Gasteiger partial charge in [0.15, 0.2) is 0 Å². The van der Waals surface area contributed by atoms with Crippen LogP contribution in [0.2, 0.25) is 0 Å². The van der Waals surface area contributed by atoms with Crippen molar-refractivity contribution in [3.05, 3.63) is 34.4 Å². The molecule has 1 aromatic carbocycles. The van der Waals surface area contributed by atoms with Crippen LogP contribution in [0.1, 0.15) is 62.3 Å². The summed E-state index contributed by atoms with van der Waals surface area (Å²) >= 11 is 0. The van der Waals surface area contributed by atoms with Gasteiger partial charge >= 0.3 is 6.03 Å². The predicted molar refractivity (Wildman–Crippen MR) is 90.3 cm³/mol. The maximum absolute atomic E-state index is 12.6. The Labute approximate surface area is 138 Å². The fourth-order valence-corrected chi connectivity index (χ4v) is 3.52.